The van der Waals surface area contributed by atoms with Crippen molar-refractivity contribution in [1.29, 1.82) is 0 Å². The molecule has 0 aliphatic heterocycles. The van der Waals surface area contributed by atoms with Crippen LogP contribution >= 0.6 is 0 Å². The number of Topliss-reactive ketones (excluding diaryl/α,β-unsaturated/α-hetero) is 1. The van der Waals surface area contributed by atoms with Gasteiger partial charge < -0.3 is 35.1 Å². The van der Waals surface area contributed by atoms with Crippen LogP contribution in [-0.2, 0) is 35.1 Å². The van der Waals surface area contributed by atoms with E-state index < -0.39 is 35.3 Å². The summed E-state index contributed by atoms with van der Waals surface area (Å²) in [6.07, 6.45) is 14.3. The molecule has 0 bridgehead atoms. The van der Waals surface area contributed by atoms with Crippen molar-refractivity contribution in [2.24, 2.45) is 5.92 Å². The molecule has 0 aliphatic carbocycles. The number of rotatable bonds is 30. The van der Waals surface area contributed by atoms with Gasteiger partial charge in [-0.3, -0.25) is 14.4 Å². The van der Waals surface area contributed by atoms with Crippen LogP contribution in [0.2, 0.25) is 0 Å². The number of carbonyl (C=O) groups excluding carboxylic acids is 3. The number of carboxylic acid groups (broad SMARTS) is 1. The van der Waals surface area contributed by atoms with E-state index in [0.717, 1.165) is 44.1 Å². The molecule has 1 aromatic carbocycles. The fourth-order valence-electron chi connectivity index (χ4n) is 5.51. The first-order valence-corrected chi connectivity index (χ1v) is 18.4. The fourth-order valence-corrected chi connectivity index (χ4v) is 5.51. The SMILES string of the molecule is CC#CCOc1ccc(C[C@H](NC(=O)[C@@H](/C=C/CCCCCCC(=O)CCCCCCC)[C@@](O)(CCOC)C(=O)O)C(=O)NCCCOC)cc1. The zero-order chi connectivity index (χ0) is 37.7. The molecule has 0 aromatic heterocycles. The molecule has 51 heavy (non-hydrogen) atoms. The van der Waals surface area contributed by atoms with Gasteiger partial charge in [-0.25, -0.2) is 4.79 Å². The molecule has 0 fully saturated rings. The Morgan fingerprint density at radius 1 is 0.882 bits per heavy atom. The fraction of sp³-hybridized carbons (Fsp3) is 0.650. The lowest BCUT2D eigenvalue weighted by Gasteiger charge is -2.31. The van der Waals surface area contributed by atoms with Gasteiger partial charge in [0.1, 0.15) is 24.2 Å². The number of ether oxygens (including phenoxy) is 3. The highest BCUT2D eigenvalue weighted by molar-refractivity contribution is 5.93. The van der Waals surface area contributed by atoms with E-state index >= 15 is 0 Å². The number of unbranched alkanes of at least 4 members (excludes halogenated alkanes) is 8. The quantitative estimate of drug-likeness (QED) is 0.0454. The van der Waals surface area contributed by atoms with E-state index in [1.807, 2.05) is 0 Å². The van der Waals surface area contributed by atoms with Gasteiger partial charge in [0.25, 0.3) is 0 Å². The van der Waals surface area contributed by atoms with Crippen LogP contribution in [0, 0.1) is 17.8 Å². The molecule has 0 aliphatic rings. The molecule has 0 heterocycles. The Kier molecular flexibility index (Phi) is 24.8. The highest BCUT2D eigenvalue weighted by Crippen LogP contribution is 2.26. The van der Waals surface area contributed by atoms with Crippen LogP contribution in [0.15, 0.2) is 36.4 Å². The Morgan fingerprint density at radius 3 is 2.14 bits per heavy atom. The molecule has 1 aromatic rings. The number of amides is 2. The van der Waals surface area contributed by atoms with Crippen molar-refractivity contribution < 1.29 is 43.6 Å². The summed E-state index contributed by atoms with van der Waals surface area (Å²) in [4.78, 5) is 51.8. The zero-order valence-electron chi connectivity index (χ0n) is 31.3. The number of aliphatic carboxylic acids is 1. The zero-order valence-corrected chi connectivity index (χ0v) is 31.3. The van der Waals surface area contributed by atoms with Gasteiger partial charge in [-0.15, -0.1) is 5.92 Å². The van der Waals surface area contributed by atoms with Crippen molar-refractivity contribution >= 4 is 23.6 Å². The van der Waals surface area contributed by atoms with Gasteiger partial charge in [0.2, 0.25) is 11.8 Å². The second kappa shape index (κ2) is 27.9. The number of allylic oxidation sites excluding steroid dienone is 1. The van der Waals surface area contributed by atoms with Gasteiger partial charge in [-0.2, -0.15) is 0 Å². The van der Waals surface area contributed by atoms with Crippen molar-refractivity contribution in [1.82, 2.24) is 10.6 Å². The largest absolute Gasteiger partial charge is 0.481 e. The third kappa shape index (κ3) is 19.5. The lowest BCUT2D eigenvalue weighted by Crippen LogP contribution is -2.56. The Morgan fingerprint density at radius 2 is 1.53 bits per heavy atom. The molecule has 0 radical (unpaired) electrons. The van der Waals surface area contributed by atoms with Crippen molar-refractivity contribution in [3.8, 4) is 17.6 Å². The van der Waals surface area contributed by atoms with Gasteiger partial charge in [0, 0.05) is 59.7 Å². The van der Waals surface area contributed by atoms with Crippen LogP contribution in [0.1, 0.15) is 109 Å². The summed E-state index contributed by atoms with van der Waals surface area (Å²) in [5, 5.41) is 27.0. The van der Waals surface area contributed by atoms with Crippen molar-refractivity contribution in [3.05, 3.63) is 42.0 Å². The van der Waals surface area contributed by atoms with Crippen molar-refractivity contribution in [2.75, 3.05) is 40.6 Å². The molecule has 3 atom stereocenters. The molecule has 0 saturated carbocycles. The number of carbonyl (C=O) groups is 4. The molecule has 0 unspecified atom stereocenters. The summed E-state index contributed by atoms with van der Waals surface area (Å²) < 4.78 is 15.7. The summed E-state index contributed by atoms with van der Waals surface area (Å²) in [5.74, 6) is 2.19. The van der Waals surface area contributed by atoms with Gasteiger partial charge in [-0.05, 0) is 56.7 Å². The molecule has 286 valence electrons. The number of aliphatic hydroxyl groups is 1. The van der Waals surface area contributed by atoms with E-state index in [-0.39, 0.29) is 26.1 Å². The molecule has 0 saturated heterocycles. The minimum atomic E-state index is -2.48. The van der Waals surface area contributed by atoms with E-state index in [0.29, 0.717) is 50.4 Å². The Labute approximate surface area is 305 Å². The van der Waals surface area contributed by atoms with Gasteiger partial charge in [-0.1, -0.05) is 75.7 Å². The second-order valence-electron chi connectivity index (χ2n) is 12.8. The van der Waals surface area contributed by atoms with Gasteiger partial charge in [0.15, 0.2) is 5.60 Å². The number of ketones is 1. The molecule has 0 spiro atoms. The van der Waals surface area contributed by atoms with Crippen LogP contribution < -0.4 is 15.4 Å². The first-order chi connectivity index (χ1) is 24.6. The molecule has 1 rings (SSSR count). The van der Waals surface area contributed by atoms with E-state index in [1.165, 1.54) is 32.4 Å². The normalized spacial score (nSPS) is 13.4. The van der Waals surface area contributed by atoms with E-state index in [1.54, 1.807) is 44.4 Å². The Bertz CT molecular complexity index is 1240. The van der Waals surface area contributed by atoms with E-state index in [9.17, 15) is 29.4 Å². The van der Waals surface area contributed by atoms with Crippen LogP contribution in [0.25, 0.3) is 0 Å². The summed E-state index contributed by atoms with van der Waals surface area (Å²) in [5.41, 5.74) is -1.75. The smallest absolute Gasteiger partial charge is 0.336 e. The molecular weight excluding hydrogens is 652 g/mol. The Hall–Kier alpha value is -3.72. The minimum absolute atomic E-state index is 0.0977. The number of nitrogens with one attached hydrogen (secondary N) is 2. The van der Waals surface area contributed by atoms with E-state index in [4.69, 9.17) is 14.2 Å². The topological polar surface area (TPSA) is 160 Å². The molecule has 4 N–H and O–H groups in total. The molecule has 11 heteroatoms. The standard InChI is InChI=1S/C40H62N2O9/c1-5-7-9-12-15-19-33(43)20-16-13-10-11-14-17-21-35(40(48,39(46)47)26-30-50-4)37(44)42-36(38(45)41-27-18-28-49-3)31-32-22-24-34(25-23-32)51-29-8-6-2/h17,21-25,35-36,48H,5,7,9-16,18-20,26-31H2,1-4H3,(H,41,45)(H,42,44)(H,46,47)/b21-17+/t35-,36+,40+/m1/s1. The molecule has 11 nitrogen and oxygen atoms in total. The van der Waals surface area contributed by atoms with E-state index in [2.05, 4.69) is 29.4 Å². The molecular formula is C40H62N2O9. The average Bonchev–Trinajstić information content (AvgIpc) is 3.11. The summed E-state index contributed by atoms with van der Waals surface area (Å²) in [6.45, 7) is 4.79. The third-order valence-corrected chi connectivity index (χ3v) is 8.63. The third-order valence-electron chi connectivity index (χ3n) is 8.63. The monoisotopic (exact) mass is 714 g/mol. The lowest BCUT2D eigenvalue weighted by molar-refractivity contribution is -0.168. The number of benzene rings is 1. The highest BCUT2D eigenvalue weighted by Gasteiger charge is 2.47. The number of hydrogen-bond acceptors (Lipinski definition) is 8. The summed E-state index contributed by atoms with van der Waals surface area (Å²) in [6, 6.07) is 5.98. The highest BCUT2D eigenvalue weighted by atomic mass is 16.5. The Balaban J connectivity index is 3.00. The maximum atomic E-state index is 13.8. The lowest BCUT2D eigenvalue weighted by atomic mass is 9.83. The first-order valence-electron chi connectivity index (χ1n) is 18.4. The van der Waals surface area contributed by atoms with Gasteiger partial charge >= 0.3 is 5.97 Å². The maximum Gasteiger partial charge on any atom is 0.336 e. The summed E-state index contributed by atoms with van der Waals surface area (Å²) in [7, 11) is 2.94. The summed E-state index contributed by atoms with van der Waals surface area (Å²) >= 11 is 0. The van der Waals surface area contributed by atoms with Crippen LogP contribution in [0.5, 0.6) is 5.75 Å². The minimum Gasteiger partial charge on any atom is -0.481 e. The predicted molar refractivity (Wildman–Crippen MR) is 198 cm³/mol. The first kappa shape index (κ1) is 45.3. The number of carboxylic acids is 1. The maximum absolute atomic E-state index is 13.8. The van der Waals surface area contributed by atoms with Crippen LogP contribution in [0.3, 0.4) is 0 Å². The number of hydrogen-bond donors (Lipinski definition) is 4. The second-order valence-corrected chi connectivity index (χ2v) is 12.8. The van der Waals surface area contributed by atoms with Crippen molar-refractivity contribution in [3.63, 3.8) is 0 Å². The van der Waals surface area contributed by atoms with Crippen molar-refractivity contribution in [2.45, 2.75) is 122 Å². The predicted octanol–water partition coefficient (Wildman–Crippen LogP) is 5.56. The van der Waals surface area contributed by atoms with Crippen LogP contribution in [0.4, 0.5) is 0 Å². The van der Waals surface area contributed by atoms with Crippen LogP contribution in [-0.4, -0.2) is 86.0 Å². The molecule has 2 amide bonds. The average molecular weight is 715 g/mol. The number of methoxy groups -OCH3 is 2. The van der Waals surface area contributed by atoms with Gasteiger partial charge in [0.05, 0.1) is 5.92 Å².